The quantitative estimate of drug-likeness (QED) is 0.0860. The number of hydrogen-bond acceptors (Lipinski definition) is 10. The van der Waals surface area contributed by atoms with Gasteiger partial charge in [-0.1, -0.05) is 24.8 Å². The highest BCUT2D eigenvalue weighted by atomic mass is 16.5. The molecule has 0 aliphatic rings. The molecule has 0 aliphatic heterocycles. The highest BCUT2D eigenvalue weighted by Crippen LogP contribution is 2.24. The average molecular weight is 622 g/mol. The van der Waals surface area contributed by atoms with E-state index < -0.39 is 5.91 Å². The fourth-order valence-electron chi connectivity index (χ4n) is 4.52. The van der Waals surface area contributed by atoms with Gasteiger partial charge >= 0.3 is 0 Å². The van der Waals surface area contributed by atoms with E-state index in [1.165, 1.54) is 0 Å². The standard InChI is InChI=1S/C34H51N7O4/c1-6-21-36-32-28(26-37-33(40-32)39-29-15-13-27(14-16-29)31(35)43)11-8-7-9-22-38-34(19-24-44-4,20-25-45-5)18-17-30(42)12-10-23-41(2)3/h10,12-16,26,38H,6-7,9,17-25H2,1-5H3,(H2,35,43)(H2,36,37,39,40)/b12-10+. The molecule has 0 aliphatic carbocycles. The summed E-state index contributed by atoms with van der Waals surface area (Å²) in [5.41, 5.74) is 6.96. The van der Waals surface area contributed by atoms with Crippen LogP contribution in [0.2, 0.25) is 0 Å². The van der Waals surface area contributed by atoms with E-state index in [9.17, 15) is 9.59 Å². The molecule has 0 radical (unpaired) electrons. The van der Waals surface area contributed by atoms with E-state index in [4.69, 9.17) is 15.2 Å². The summed E-state index contributed by atoms with van der Waals surface area (Å²) in [7, 11) is 7.35. The van der Waals surface area contributed by atoms with Crippen molar-refractivity contribution in [3.63, 3.8) is 0 Å². The minimum absolute atomic E-state index is 0.126. The van der Waals surface area contributed by atoms with Crippen molar-refractivity contribution < 1.29 is 19.1 Å². The van der Waals surface area contributed by atoms with Crippen molar-refractivity contribution >= 4 is 29.1 Å². The van der Waals surface area contributed by atoms with E-state index in [0.29, 0.717) is 49.8 Å². The van der Waals surface area contributed by atoms with Gasteiger partial charge in [0.15, 0.2) is 5.78 Å². The second-order valence-corrected chi connectivity index (χ2v) is 11.2. The Bertz CT molecular complexity index is 1260. The number of allylic oxidation sites excluding steroid dienone is 1. The number of unbranched alkanes of at least 4 members (excludes halogenated alkanes) is 1. The molecule has 0 saturated carbocycles. The topological polar surface area (TPSA) is 144 Å². The maximum Gasteiger partial charge on any atom is 0.248 e. The molecular formula is C34H51N7O4. The number of aromatic nitrogens is 2. The third kappa shape index (κ3) is 14.7. The summed E-state index contributed by atoms with van der Waals surface area (Å²) in [4.78, 5) is 35.0. The molecule has 0 saturated heterocycles. The lowest BCUT2D eigenvalue weighted by molar-refractivity contribution is -0.115. The zero-order valence-corrected chi connectivity index (χ0v) is 27.6. The maximum atomic E-state index is 12.6. The molecular weight excluding hydrogens is 570 g/mol. The highest BCUT2D eigenvalue weighted by molar-refractivity contribution is 5.93. The number of likely N-dealkylation sites (N-methyl/N-ethyl adjacent to an activating group) is 1. The number of methoxy groups -OCH3 is 2. The van der Waals surface area contributed by atoms with Crippen LogP contribution in [0.15, 0.2) is 42.6 Å². The van der Waals surface area contributed by atoms with Crippen molar-refractivity contribution in [3.05, 3.63) is 53.7 Å². The van der Waals surface area contributed by atoms with E-state index >= 15 is 0 Å². The summed E-state index contributed by atoms with van der Waals surface area (Å²) in [6, 6.07) is 6.81. The Balaban J connectivity index is 2.03. The Labute approximate surface area is 268 Å². The predicted octanol–water partition coefficient (Wildman–Crippen LogP) is 4.14. The van der Waals surface area contributed by atoms with E-state index in [1.807, 2.05) is 25.1 Å². The van der Waals surface area contributed by atoms with Gasteiger partial charge in [0.2, 0.25) is 11.9 Å². The molecule has 2 aromatic rings. The van der Waals surface area contributed by atoms with Crippen molar-refractivity contribution in [2.45, 2.75) is 57.4 Å². The first-order valence-corrected chi connectivity index (χ1v) is 15.6. The third-order valence-corrected chi connectivity index (χ3v) is 7.15. The van der Waals surface area contributed by atoms with E-state index in [-0.39, 0.29) is 11.3 Å². The van der Waals surface area contributed by atoms with Crippen LogP contribution in [0.25, 0.3) is 0 Å². The molecule has 45 heavy (non-hydrogen) atoms. The molecule has 0 spiro atoms. The number of amides is 1. The predicted molar refractivity (Wildman–Crippen MR) is 181 cm³/mol. The van der Waals surface area contributed by atoms with Crippen molar-refractivity contribution in [1.29, 1.82) is 0 Å². The Kier molecular flexibility index (Phi) is 17.4. The number of primary amides is 1. The number of nitrogens with two attached hydrogens (primary N) is 1. The van der Waals surface area contributed by atoms with Crippen LogP contribution in [0, 0.1) is 11.8 Å². The summed E-state index contributed by atoms with van der Waals surface area (Å²) >= 11 is 0. The average Bonchev–Trinajstić information content (AvgIpc) is 3.02. The minimum atomic E-state index is -0.477. The van der Waals surface area contributed by atoms with Crippen molar-refractivity contribution in [2.75, 3.05) is 71.8 Å². The molecule has 11 heteroatoms. The lowest BCUT2D eigenvalue weighted by atomic mass is 9.85. The number of ether oxygens (including phenoxy) is 2. The highest BCUT2D eigenvalue weighted by Gasteiger charge is 2.29. The van der Waals surface area contributed by atoms with Gasteiger partial charge in [0.1, 0.15) is 5.82 Å². The Morgan fingerprint density at radius 1 is 1.07 bits per heavy atom. The molecule has 11 nitrogen and oxygen atoms in total. The minimum Gasteiger partial charge on any atom is -0.385 e. The van der Waals surface area contributed by atoms with Gasteiger partial charge in [0, 0.05) is 70.2 Å². The smallest absolute Gasteiger partial charge is 0.248 e. The van der Waals surface area contributed by atoms with Gasteiger partial charge < -0.3 is 36.1 Å². The Morgan fingerprint density at radius 2 is 1.78 bits per heavy atom. The van der Waals surface area contributed by atoms with Gasteiger partial charge in [-0.25, -0.2) is 4.98 Å². The molecule has 2 rings (SSSR count). The fraction of sp³-hybridized carbons (Fsp3) is 0.529. The van der Waals surface area contributed by atoms with Gasteiger partial charge in [0.25, 0.3) is 0 Å². The number of carbonyl (C=O) groups is 2. The number of benzene rings is 1. The van der Waals surface area contributed by atoms with Crippen molar-refractivity contribution in [3.8, 4) is 11.8 Å². The first-order valence-electron chi connectivity index (χ1n) is 15.6. The van der Waals surface area contributed by atoms with Crippen molar-refractivity contribution in [1.82, 2.24) is 20.2 Å². The number of anilines is 3. The van der Waals surface area contributed by atoms with Crippen LogP contribution in [0.4, 0.5) is 17.5 Å². The third-order valence-electron chi connectivity index (χ3n) is 7.15. The molecule has 1 aromatic carbocycles. The first-order chi connectivity index (χ1) is 21.7. The molecule has 1 aromatic heterocycles. The normalized spacial score (nSPS) is 11.4. The molecule has 1 amide bonds. The zero-order valence-electron chi connectivity index (χ0n) is 27.6. The van der Waals surface area contributed by atoms with Crippen LogP contribution in [-0.4, -0.2) is 93.3 Å². The van der Waals surface area contributed by atoms with Crippen LogP contribution in [-0.2, 0) is 14.3 Å². The summed E-state index contributed by atoms with van der Waals surface area (Å²) in [5, 5.41) is 10.2. The van der Waals surface area contributed by atoms with Crippen LogP contribution >= 0.6 is 0 Å². The van der Waals surface area contributed by atoms with Crippen LogP contribution in [0.3, 0.4) is 0 Å². The van der Waals surface area contributed by atoms with E-state index in [0.717, 1.165) is 56.6 Å². The van der Waals surface area contributed by atoms with Gasteiger partial charge in [-0.3, -0.25) is 9.59 Å². The van der Waals surface area contributed by atoms with Gasteiger partial charge in [0.05, 0.1) is 11.8 Å². The second-order valence-electron chi connectivity index (χ2n) is 11.2. The SMILES string of the molecule is CCCNc1nc(Nc2ccc(C(N)=O)cc2)ncc1C#CCCCNC(CCOC)(CCOC)CCC(=O)/C=C/CN(C)C. The zero-order chi connectivity index (χ0) is 32.9. The van der Waals surface area contributed by atoms with Crippen molar-refractivity contribution in [2.24, 2.45) is 5.73 Å². The van der Waals surface area contributed by atoms with Gasteiger partial charge in [-0.05, 0) is 83.1 Å². The number of nitrogens with zero attached hydrogens (tertiary/aromatic N) is 3. The lowest BCUT2D eigenvalue weighted by Gasteiger charge is -2.35. The van der Waals surface area contributed by atoms with Gasteiger partial charge in [-0.15, -0.1) is 0 Å². The van der Waals surface area contributed by atoms with Crippen LogP contribution < -0.4 is 21.7 Å². The first kappa shape index (κ1) is 37.4. The molecule has 5 N–H and O–H groups in total. The Morgan fingerprint density at radius 3 is 2.40 bits per heavy atom. The largest absolute Gasteiger partial charge is 0.385 e. The summed E-state index contributed by atoms with van der Waals surface area (Å²) < 4.78 is 10.8. The molecule has 1 heterocycles. The summed E-state index contributed by atoms with van der Waals surface area (Å²) in [6.45, 7) is 5.52. The number of carbonyl (C=O) groups excluding carboxylic acids is 2. The number of rotatable bonds is 22. The molecule has 0 bridgehead atoms. The molecule has 0 atom stereocenters. The number of ketones is 1. The van der Waals surface area contributed by atoms with Crippen LogP contribution in [0.1, 0.15) is 67.8 Å². The molecule has 246 valence electrons. The lowest BCUT2D eigenvalue weighted by Crippen LogP contribution is -2.47. The van der Waals surface area contributed by atoms with Crippen LogP contribution in [0.5, 0.6) is 0 Å². The Hall–Kier alpha value is -3.82. The summed E-state index contributed by atoms with van der Waals surface area (Å²) in [6.07, 6.45) is 10.5. The van der Waals surface area contributed by atoms with Gasteiger partial charge in [-0.2, -0.15) is 4.98 Å². The fourth-order valence-corrected chi connectivity index (χ4v) is 4.52. The maximum absolute atomic E-state index is 12.6. The van der Waals surface area contributed by atoms with E-state index in [2.05, 4.69) is 44.7 Å². The molecule has 0 unspecified atom stereocenters. The monoisotopic (exact) mass is 621 g/mol. The second kappa shape index (κ2) is 21.0. The number of hydrogen-bond donors (Lipinski definition) is 4. The summed E-state index contributed by atoms with van der Waals surface area (Å²) in [5.74, 6) is 7.23. The van der Waals surface area contributed by atoms with E-state index in [1.54, 1.807) is 50.8 Å². The molecule has 0 fully saturated rings. The number of nitrogens with one attached hydrogen (secondary N) is 3.